The molecule has 0 atom stereocenters. The van der Waals surface area contributed by atoms with Crippen LogP contribution in [0.25, 0.3) is 0 Å². The number of ether oxygens (including phenoxy) is 1. The molecule has 0 aliphatic heterocycles. The van der Waals surface area contributed by atoms with Crippen molar-refractivity contribution in [3.05, 3.63) is 57.6 Å². The maximum atomic E-state index is 10.6. The summed E-state index contributed by atoms with van der Waals surface area (Å²) in [5.41, 5.74) is 1.27. The third-order valence-corrected chi connectivity index (χ3v) is 2.85. The Labute approximate surface area is 114 Å². The van der Waals surface area contributed by atoms with Gasteiger partial charge in [0.2, 0.25) is 0 Å². The van der Waals surface area contributed by atoms with Crippen molar-refractivity contribution >= 4 is 28.7 Å². The SMILES string of the molecule is COc1ccccc1Nc1ccc([N+](=O)[O-])cc1Cl. The third-order valence-electron chi connectivity index (χ3n) is 2.54. The van der Waals surface area contributed by atoms with Gasteiger partial charge in [0, 0.05) is 12.1 Å². The molecular formula is C13H11ClN2O3. The molecule has 0 saturated carbocycles. The Morgan fingerprint density at radius 2 is 1.95 bits per heavy atom. The molecule has 0 heterocycles. The second kappa shape index (κ2) is 5.58. The maximum absolute atomic E-state index is 10.6. The van der Waals surface area contributed by atoms with Crippen molar-refractivity contribution in [3.63, 3.8) is 0 Å². The van der Waals surface area contributed by atoms with Gasteiger partial charge in [0.05, 0.1) is 28.4 Å². The molecule has 0 bridgehead atoms. The summed E-state index contributed by atoms with van der Waals surface area (Å²) in [6.07, 6.45) is 0. The quantitative estimate of drug-likeness (QED) is 0.678. The third kappa shape index (κ3) is 2.95. The second-order valence-electron chi connectivity index (χ2n) is 3.75. The highest BCUT2D eigenvalue weighted by atomic mass is 35.5. The van der Waals surface area contributed by atoms with Gasteiger partial charge in [-0.2, -0.15) is 0 Å². The number of benzene rings is 2. The predicted molar refractivity (Wildman–Crippen MR) is 74.4 cm³/mol. The number of rotatable bonds is 4. The number of para-hydroxylation sites is 2. The van der Waals surface area contributed by atoms with Crippen LogP contribution in [0.15, 0.2) is 42.5 Å². The van der Waals surface area contributed by atoms with Crippen LogP contribution in [0.2, 0.25) is 5.02 Å². The first kappa shape index (κ1) is 13.2. The molecule has 6 heteroatoms. The number of nitro benzene ring substituents is 1. The lowest BCUT2D eigenvalue weighted by molar-refractivity contribution is -0.384. The molecule has 0 saturated heterocycles. The summed E-state index contributed by atoms with van der Waals surface area (Å²) in [5.74, 6) is 0.664. The number of hydrogen-bond donors (Lipinski definition) is 1. The number of hydrogen-bond acceptors (Lipinski definition) is 4. The maximum Gasteiger partial charge on any atom is 0.271 e. The van der Waals surface area contributed by atoms with Crippen LogP contribution in [-0.2, 0) is 0 Å². The Balaban J connectivity index is 2.31. The van der Waals surface area contributed by atoms with Gasteiger partial charge < -0.3 is 10.1 Å². The van der Waals surface area contributed by atoms with Crippen LogP contribution in [-0.4, -0.2) is 12.0 Å². The van der Waals surface area contributed by atoms with Crippen molar-refractivity contribution in [1.29, 1.82) is 0 Å². The molecule has 0 aliphatic carbocycles. The molecule has 0 unspecified atom stereocenters. The standard InChI is InChI=1S/C13H11ClN2O3/c1-19-13-5-3-2-4-12(13)15-11-7-6-9(16(17)18)8-10(11)14/h2-8,15H,1H3. The van der Waals surface area contributed by atoms with Gasteiger partial charge in [-0.25, -0.2) is 0 Å². The Morgan fingerprint density at radius 3 is 2.58 bits per heavy atom. The first-order chi connectivity index (χ1) is 9.11. The van der Waals surface area contributed by atoms with E-state index < -0.39 is 4.92 Å². The molecule has 98 valence electrons. The fourth-order valence-electron chi connectivity index (χ4n) is 1.61. The largest absolute Gasteiger partial charge is 0.495 e. The summed E-state index contributed by atoms with van der Waals surface area (Å²) in [6.45, 7) is 0. The minimum Gasteiger partial charge on any atom is -0.495 e. The number of non-ortho nitro benzene ring substituents is 1. The Hall–Kier alpha value is -2.27. The van der Waals surface area contributed by atoms with E-state index in [1.165, 1.54) is 12.1 Å². The molecule has 5 nitrogen and oxygen atoms in total. The predicted octanol–water partition coefficient (Wildman–Crippen LogP) is 4.00. The number of halogens is 1. The van der Waals surface area contributed by atoms with E-state index in [0.717, 1.165) is 5.69 Å². The number of anilines is 2. The topological polar surface area (TPSA) is 64.4 Å². The summed E-state index contributed by atoms with van der Waals surface area (Å²) in [6, 6.07) is 11.6. The van der Waals surface area contributed by atoms with Crippen LogP contribution in [0, 0.1) is 10.1 Å². The first-order valence-corrected chi connectivity index (χ1v) is 5.83. The van der Waals surface area contributed by atoms with E-state index in [2.05, 4.69) is 5.32 Å². The monoisotopic (exact) mass is 278 g/mol. The van der Waals surface area contributed by atoms with Crippen LogP contribution in [0.1, 0.15) is 0 Å². The van der Waals surface area contributed by atoms with Gasteiger partial charge in [0.15, 0.2) is 0 Å². The zero-order valence-electron chi connectivity index (χ0n) is 10.1. The average Bonchev–Trinajstić information content (AvgIpc) is 2.41. The summed E-state index contributed by atoms with van der Waals surface area (Å²) in [4.78, 5) is 10.1. The lowest BCUT2D eigenvalue weighted by Crippen LogP contribution is -1.96. The summed E-state index contributed by atoms with van der Waals surface area (Å²) < 4.78 is 5.21. The molecule has 2 aromatic carbocycles. The molecule has 19 heavy (non-hydrogen) atoms. The molecule has 0 aromatic heterocycles. The number of nitrogens with zero attached hydrogens (tertiary/aromatic N) is 1. The first-order valence-electron chi connectivity index (χ1n) is 5.46. The normalized spacial score (nSPS) is 10.0. The zero-order valence-corrected chi connectivity index (χ0v) is 10.8. The minimum atomic E-state index is -0.487. The van der Waals surface area contributed by atoms with Crippen molar-refractivity contribution in [1.82, 2.24) is 0 Å². The van der Waals surface area contributed by atoms with Gasteiger partial charge >= 0.3 is 0 Å². The lowest BCUT2D eigenvalue weighted by atomic mass is 10.2. The van der Waals surface area contributed by atoms with E-state index in [1.54, 1.807) is 13.2 Å². The molecule has 2 aromatic rings. The van der Waals surface area contributed by atoms with Gasteiger partial charge in [-0.05, 0) is 18.2 Å². The molecule has 0 amide bonds. The molecule has 0 fully saturated rings. The van der Waals surface area contributed by atoms with Gasteiger partial charge in [-0.3, -0.25) is 10.1 Å². The van der Waals surface area contributed by atoms with Crippen LogP contribution < -0.4 is 10.1 Å². The highest BCUT2D eigenvalue weighted by Crippen LogP contribution is 2.32. The second-order valence-corrected chi connectivity index (χ2v) is 4.15. The number of nitrogens with one attached hydrogen (secondary N) is 1. The average molecular weight is 279 g/mol. The van der Waals surface area contributed by atoms with Crippen molar-refractivity contribution in [3.8, 4) is 5.75 Å². The van der Waals surface area contributed by atoms with E-state index in [-0.39, 0.29) is 10.7 Å². The summed E-state index contributed by atoms with van der Waals surface area (Å²) in [5, 5.41) is 14.0. The van der Waals surface area contributed by atoms with Crippen molar-refractivity contribution < 1.29 is 9.66 Å². The lowest BCUT2D eigenvalue weighted by Gasteiger charge is -2.11. The molecule has 0 aliphatic rings. The van der Waals surface area contributed by atoms with Crippen LogP contribution >= 0.6 is 11.6 Å². The zero-order chi connectivity index (χ0) is 13.8. The molecule has 0 radical (unpaired) electrons. The van der Waals surface area contributed by atoms with Gasteiger partial charge in [0.1, 0.15) is 5.75 Å². The minimum absolute atomic E-state index is 0.0458. The van der Waals surface area contributed by atoms with Crippen molar-refractivity contribution in [2.45, 2.75) is 0 Å². The fraction of sp³-hybridized carbons (Fsp3) is 0.0769. The molecular weight excluding hydrogens is 268 g/mol. The smallest absolute Gasteiger partial charge is 0.271 e. The summed E-state index contributed by atoms with van der Waals surface area (Å²) in [7, 11) is 1.57. The molecule has 2 rings (SSSR count). The summed E-state index contributed by atoms with van der Waals surface area (Å²) >= 11 is 6.01. The highest BCUT2D eigenvalue weighted by molar-refractivity contribution is 6.33. The molecule has 1 N–H and O–H groups in total. The Bertz CT molecular complexity index is 617. The number of nitro groups is 1. The fourth-order valence-corrected chi connectivity index (χ4v) is 1.83. The van der Waals surface area contributed by atoms with E-state index in [1.807, 2.05) is 24.3 Å². The van der Waals surface area contributed by atoms with Crippen LogP contribution in [0.3, 0.4) is 0 Å². The van der Waals surface area contributed by atoms with Crippen LogP contribution in [0.5, 0.6) is 5.75 Å². The van der Waals surface area contributed by atoms with E-state index in [0.29, 0.717) is 11.4 Å². The highest BCUT2D eigenvalue weighted by Gasteiger charge is 2.10. The Morgan fingerprint density at radius 1 is 1.21 bits per heavy atom. The van der Waals surface area contributed by atoms with Crippen molar-refractivity contribution in [2.24, 2.45) is 0 Å². The molecule has 0 spiro atoms. The Kier molecular flexibility index (Phi) is 3.87. The van der Waals surface area contributed by atoms with Crippen molar-refractivity contribution in [2.75, 3.05) is 12.4 Å². The van der Waals surface area contributed by atoms with Gasteiger partial charge in [-0.1, -0.05) is 23.7 Å². The van der Waals surface area contributed by atoms with Gasteiger partial charge in [0.25, 0.3) is 5.69 Å². The van der Waals surface area contributed by atoms with Crippen LogP contribution in [0.4, 0.5) is 17.1 Å². The van der Waals surface area contributed by atoms with E-state index >= 15 is 0 Å². The van der Waals surface area contributed by atoms with Gasteiger partial charge in [-0.15, -0.1) is 0 Å². The van der Waals surface area contributed by atoms with E-state index in [9.17, 15) is 10.1 Å². The van der Waals surface area contributed by atoms with E-state index in [4.69, 9.17) is 16.3 Å². The number of methoxy groups -OCH3 is 1.